The molecule has 0 aliphatic carbocycles. The third-order valence-corrected chi connectivity index (χ3v) is 1.90. The summed E-state index contributed by atoms with van der Waals surface area (Å²) < 4.78 is 0. The highest BCUT2D eigenvalue weighted by atomic mass is 16.2. The third-order valence-electron chi connectivity index (χ3n) is 1.90. The second kappa shape index (κ2) is 5.36. The lowest BCUT2D eigenvalue weighted by atomic mass is 10.1. The number of aliphatic imine (C=N–C) groups is 1. The Morgan fingerprint density at radius 3 is 2.43 bits per heavy atom. The number of nitrogens with zero attached hydrogens (tertiary/aromatic N) is 2. The minimum absolute atomic E-state index is 0.0865. The van der Waals surface area contributed by atoms with Crippen LogP contribution in [-0.4, -0.2) is 35.6 Å². The van der Waals surface area contributed by atoms with Gasteiger partial charge in [0.05, 0.1) is 6.42 Å². The lowest BCUT2D eigenvalue weighted by Crippen LogP contribution is -2.43. The SMILES string of the molecule is CC.CC1=NC(C(N)=O)CC(=O)N1C. The maximum Gasteiger partial charge on any atom is 0.242 e. The molecule has 0 saturated heterocycles. The molecule has 5 nitrogen and oxygen atoms in total. The monoisotopic (exact) mass is 199 g/mol. The van der Waals surface area contributed by atoms with Gasteiger partial charge in [-0.3, -0.25) is 14.6 Å². The van der Waals surface area contributed by atoms with E-state index in [1.807, 2.05) is 13.8 Å². The van der Waals surface area contributed by atoms with Crippen molar-refractivity contribution in [1.29, 1.82) is 0 Å². The Bertz CT molecular complexity index is 261. The summed E-state index contributed by atoms with van der Waals surface area (Å²) in [5.74, 6) is -0.128. The first kappa shape index (κ1) is 12.6. The lowest BCUT2D eigenvalue weighted by molar-refractivity contribution is -0.130. The van der Waals surface area contributed by atoms with Crippen molar-refractivity contribution in [2.45, 2.75) is 33.2 Å². The van der Waals surface area contributed by atoms with Crippen LogP contribution in [0.1, 0.15) is 27.2 Å². The van der Waals surface area contributed by atoms with Crippen LogP contribution >= 0.6 is 0 Å². The second-order valence-corrected chi connectivity index (χ2v) is 2.75. The molecule has 1 atom stereocenters. The third kappa shape index (κ3) is 2.83. The lowest BCUT2D eigenvalue weighted by Gasteiger charge is -2.24. The quantitative estimate of drug-likeness (QED) is 0.652. The number of rotatable bonds is 1. The van der Waals surface area contributed by atoms with E-state index in [2.05, 4.69) is 4.99 Å². The van der Waals surface area contributed by atoms with E-state index < -0.39 is 11.9 Å². The normalized spacial score (nSPS) is 20.9. The zero-order valence-corrected chi connectivity index (χ0v) is 9.07. The summed E-state index contributed by atoms with van der Waals surface area (Å²) in [5.41, 5.74) is 5.02. The molecule has 1 aliphatic rings. The zero-order chi connectivity index (χ0) is 11.3. The molecule has 2 N–H and O–H groups in total. The van der Waals surface area contributed by atoms with Crippen LogP contribution in [0.3, 0.4) is 0 Å². The van der Waals surface area contributed by atoms with Crippen LogP contribution in [0.2, 0.25) is 0 Å². The van der Waals surface area contributed by atoms with Crippen LogP contribution < -0.4 is 5.73 Å². The molecule has 0 radical (unpaired) electrons. The highest BCUT2D eigenvalue weighted by Crippen LogP contribution is 2.09. The van der Waals surface area contributed by atoms with E-state index in [0.29, 0.717) is 5.84 Å². The number of carbonyl (C=O) groups excluding carboxylic acids is 2. The zero-order valence-electron chi connectivity index (χ0n) is 9.07. The van der Waals surface area contributed by atoms with Crippen molar-refractivity contribution < 1.29 is 9.59 Å². The fourth-order valence-corrected chi connectivity index (χ4v) is 1.00. The molecule has 0 spiro atoms. The van der Waals surface area contributed by atoms with Gasteiger partial charge in [-0.2, -0.15) is 0 Å². The molecule has 1 rings (SSSR count). The topological polar surface area (TPSA) is 75.8 Å². The summed E-state index contributed by atoms with van der Waals surface area (Å²) in [7, 11) is 1.62. The van der Waals surface area contributed by atoms with Gasteiger partial charge in [0.2, 0.25) is 11.8 Å². The molecule has 14 heavy (non-hydrogen) atoms. The van der Waals surface area contributed by atoms with Crippen molar-refractivity contribution >= 4 is 17.6 Å². The largest absolute Gasteiger partial charge is 0.368 e. The summed E-state index contributed by atoms with van der Waals surface area (Å²) in [4.78, 5) is 27.2. The van der Waals surface area contributed by atoms with Gasteiger partial charge in [-0.1, -0.05) is 13.8 Å². The molecule has 80 valence electrons. The standard InChI is InChI=1S/C7H11N3O2.C2H6/c1-4-9-5(7(8)12)3-6(11)10(4)2;1-2/h5H,3H2,1-2H3,(H2,8,12);1-2H3. The molecular weight excluding hydrogens is 182 g/mol. The molecule has 0 aromatic heterocycles. The van der Waals surface area contributed by atoms with Gasteiger partial charge in [0.1, 0.15) is 11.9 Å². The highest BCUT2D eigenvalue weighted by Gasteiger charge is 2.26. The second-order valence-electron chi connectivity index (χ2n) is 2.75. The fourth-order valence-electron chi connectivity index (χ4n) is 1.00. The Kier molecular flexibility index (Phi) is 4.83. The summed E-state index contributed by atoms with van der Waals surface area (Å²) in [6.07, 6.45) is 0.0865. The van der Waals surface area contributed by atoms with Gasteiger partial charge in [-0.05, 0) is 6.92 Å². The predicted molar refractivity (Wildman–Crippen MR) is 54.8 cm³/mol. The van der Waals surface area contributed by atoms with Crippen molar-refractivity contribution in [2.75, 3.05) is 7.05 Å². The van der Waals surface area contributed by atoms with E-state index in [1.54, 1.807) is 14.0 Å². The number of hydrogen-bond donors (Lipinski definition) is 1. The number of amidine groups is 1. The molecule has 1 heterocycles. The van der Waals surface area contributed by atoms with E-state index in [9.17, 15) is 9.59 Å². The summed E-state index contributed by atoms with van der Waals surface area (Å²) in [6, 6.07) is -0.673. The van der Waals surface area contributed by atoms with Gasteiger partial charge in [0, 0.05) is 7.05 Å². The molecule has 0 fully saturated rings. The minimum atomic E-state index is -0.673. The molecule has 0 saturated carbocycles. The van der Waals surface area contributed by atoms with Gasteiger partial charge in [0.25, 0.3) is 0 Å². The van der Waals surface area contributed by atoms with E-state index in [-0.39, 0.29) is 12.3 Å². The van der Waals surface area contributed by atoms with Crippen LogP contribution in [0.15, 0.2) is 4.99 Å². The first-order valence-electron chi connectivity index (χ1n) is 4.62. The van der Waals surface area contributed by atoms with Crippen LogP contribution in [0.5, 0.6) is 0 Å². The molecule has 0 aromatic rings. The van der Waals surface area contributed by atoms with Crippen LogP contribution in [0, 0.1) is 0 Å². The molecule has 0 bridgehead atoms. The minimum Gasteiger partial charge on any atom is -0.368 e. The van der Waals surface area contributed by atoms with Crippen molar-refractivity contribution in [3.8, 4) is 0 Å². The van der Waals surface area contributed by atoms with Crippen molar-refractivity contribution in [3.05, 3.63) is 0 Å². The maximum absolute atomic E-state index is 11.2. The first-order valence-corrected chi connectivity index (χ1v) is 4.62. The number of carbonyl (C=O) groups is 2. The highest BCUT2D eigenvalue weighted by molar-refractivity contribution is 6.02. The van der Waals surface area contributed by atoms with Gasteiger partial charge in [-0.25, -0.2) is 0 Å². The number of primary amides is 1. The Morgan fingerprint density at radius 1 is 1.57 bits per heavy atom. The van der Waals surface area contributed by atoms with Gasteiger partial charge < -0.3 is 10.6 Å². The molecule has 5 heteroatoms. The Morgan fingerprint density at radius 2 is 2.07 bits per heavy atom. The van der Waals surface area contributed by atoms with Crippen molar-refractivity contribution in [1.82, 2.24) is 4.90 Å². The predicted octanol–water partition coefficient (Wildman–Crippen LogP) is 0.147. The van der Waals surface area contributed by atoms with Crippen LogP contribution in [0.4, 0.5) is 0 Å². The van der Waals surface area contributed by atoms with Crippen LogP contribution in [-0.2, 0) is 9.59 Å². The van der Waals surface area contributed by atoms with E-state index >= 15 is 0 Å². The van der Waals surface area contributed by atoms with E-state index in [0.717, 1.165) is 0 Å². The fraction of sp³-hybridized carbons (Fsp3) is 0.667. The Balaban J connectivity index is 0.000000791. The Labute approximate surface area is 84.0 Å². The molecule has 2 amide bonds. The van der Waals surface area contributed by atoms with E-state index in [1.165, 1.54) is 4.90 Å². The van der Waals surface area contributed by atoms with Crippen molar-refractivity contribution in [3.63, 3.8) is 0 Å². The van der Waals surface area contributed by atoms with E-state index in [4.69, 9.17) is 5.73 Å². The smallest absolute Gasteiger partial charge is 0.242 e. The molecular formula is C9H17N3O2. The van der Waals surface area contributed by atoms with Crippen LogP contribution in [0.25, 0.3) is 0 Å². The summed E-state index contributed by atoms with van der Waals surface area (Å²) >= 11 is 0. The van der Waals surface area contributed by atoms with Crippen molar-refractivity contribution in [2.24, 2.45) is 10.7 Å². The number of hydrogen-bond acceptors (Lipinski definition) is 3. The average Bonchev–Trinajstić information content (AvgIpc) is 2.16. The summed E-state index contributed by atoms with van der Waals surface area (Å²) in [5, 5.41) is 0. The molecule has 0 aromatic carbocycles. The first-order chi connectivity index (χ1) is 6.52. The maximum atomic E-state index is 11.2. The van der Waals surface area contributed by atoms with Gasteiger partial charge in [-0.15, -0.1) is 0 Å². The number of amides is 2. The van der Waals surface area contributed by atoms with Gasteiger partial charge >= 0.3 is 0 Å². The molecule has 1 aliphatic heterocycles. The average molecular weight is 199 g/mol. The summed E-state index contributed by atoms with van der Waals surface area (Å²) in [6.45, 7) is 5.67. The van der Waals surface area contributed by atoms with Gasteiger partial charge in [0.15, 0.2) is 0 Å². The Hall–Kier alpha value is -1.39. The molecule has 1 unspecified atom stereocenters. The number of nitrogens with two attached hydrogens (primary N) is 1.